The van der Waals surface area contributed by atoms with E-state index in [-0.39, 0.29) is 17.6 Å². The van der Waals surface area contributed by atoms with Gasteiger partial charge in [0.2, 0.25) is 0 Å². The van der Waals surface area contributed by atoms with Crippen molar-refractivity contribution in [2.24, 2.45) is 5.92 Å². The molecule has 1 aliphatic carbocycles. The molecule has 5 nitrogen and oxygen atoms in total. The summed E-state index contributed by atoms with van der Waals surface area (Å²) in [7, 11) is 0. The molecule has 0 radical (unpaired) electrons. The van der Waals surface area contributed by atoms with Gasteiger partial charge in [-0.3, -0.25) is 10.1 Å². The van der Waals surface area contributed by atoms with Crippen molar-refractivity contribution in [1.29, 1.82) is 0 Å². The molecule has 5 heteroatoms. The van der Waals surface area contributed by atoms with Crippen LogP contribution in [0, 0.1) is 16.0 Å². The molecule has 2 aromatic rings. The second-order valence-corrected chi connectivity index (χ2v) is 5.75. The Hall–Kier alpha value is -2.95. The highest BCUT2D eigenvalue weighted by atomic mass is 16.6. The number of nitro groups is 1. The first kappa shape index (κ1) is 13.7. The summed E-state index contributed by atoms with van der Waals surface area (Å²) in [6, 6.07) is 14.4. The van der Waals surface area contributed by atoms with Gasteiger partial charge in [-0.25, -0.2) is 4.79 Å². The Morgan fingerprint density at radius 2 is 1.91 bits per heavy atom. The maximum absolute atomic E-state index is 12.2. The fourth-order valence-electron chi connectivity index (χ4n) is 3.39. The fourth-order valence-corrected chi connectivity index (χ4v) is 3.39. The zero-order valence-corrected chi connectivity index (χ0v) is 12.2. The molecule has 0 N–H and O–H groups in total. The molecule has 0 saturated carbocycles. The number of hydrogen-bond donors (Lipinski definition) is 0. The zero-order valence-electron chi connectivity index (χ0n) is 12.2. The number of fused-ring (bicyclic) bond motifs is 2. The monoisotopic (exact) mass is 307 g/mol. The molecule has 1 unspecified atom stereocenters. The average molecular weight is 307 g/mol. The maximum Gasteiger partial charge on any atom is 0.335 e. The number of hydrogen-bond acceptors (Lipinski definition) is 4. The van der Waals surface area contributed by atoms with Crippen LogP contribution in [0.3, 0.4) is 0 Å². The predicted molar refractivity (Wildman–Crippen MR) is 83.7 cm³/mol. The molecule has 0 aromatic heterocycles. The minimum atomic E-state index is -0.410. The van der Waals surface area contributed by atoms with Crippen molar-refractivity contribution >= 4 is 17.2 Å². The highest BCUT2D eigenvalue weighted by Crippen LogP contribution is 2.43. The molecule has 1 atom stereocenters. The number of ether oxygens (including phenoxy) is 1. The Morgan fingerprint density at radius 1 is 1.13 bits per heavy atom. The molecule has 1 fully saturated rings. The molecule has 0 bridgehead atoms. The summed E-state index contributed by atoms with van der Waals surface area (Å²) >= 11 is 0. The number of esters is 1. The van der Waals surface area contributed by atoms with E-state index >= 15 is 0 Å². The summed E-state index contributed by atoms with van der Waals surface area (Å²) in [6.07, 6.45) is 0.671. The van der Waals surface area contributed by atoms with Crippen molar-refractivity contribution in [1.82, 2.24) is 0 Å². The second-order valence-electron chi connectivity index (χ2n) is 5.75. The Bertz CT molecular complexity index is 855. The Labute approximate surface area is 132 Å². The van der Waals surface area contributed by atoms with Gasteiger partial charge in [0, 0.05) is 23.6 Å². The van der Waals surface area contributed by atoms with Crippen LogP contribution in [0.5, 0.6) is 0 Å². The van der Waals surface area contributed by atoms with Crippen LogP contribution < -0.4 is 0 Å². The lowest BCUT2D eigenvalue weighted by molar-refractivity contribution is -0.384. The Morgan fingerprint density at radius 3 is 2.65 bits per heavy atom. The molecule has 1 saturated heterocycles. The van der Waals surface area contributed by atoms with Gasteiger partial charge in [-0.15, -0.1) is 0 Å². The molecule has 114 valence electrons. The van der Waals surface area contributed by atoms with Gasteiger partial charge in [-0.2, -0.15) is 0 Å². The number of nitrogens with zero attached hydrogens (tertiary/aromatic N) is 1. The summed E-state index contributed by atoms with van der Waals surface area (Å²) in [6.45, 7) is 0.376. The Balaban J connectivity index is 2.01. The third-order valence-corrected chi connectivity index (χ3v) is 4.42. The van der Waals surface area contributed by atoms with Gasteiger partial charge in [0.25, 0.3) is 5.69 Å². The van der Waals surface area contributed by atoms with E-state index in [9.17, 15) is 14.9 Å². The molecule has 0 spiro atoms. The van der Waals surface area contributed by atoms with Gasteiger partial charge >= 0.3 is 5.97 Å². The van der Waals surface area contributed by atoms with Gasteiger partial charge in [-0.05, 0) is 23.1 Å². The van der Waals surface area contributed by atoms with Crippen LogP contribution in [0.1, 0.15) is 16.7 Å². The Kier molecular flexibility index (Phi) is 3.01. The highest BCUT2D eigenvalue weighted by molar-refractivity contribution is 6.05. The summed E-state index contributed by atoms with van der Waals surface area (Å²) in [4.78, 5) is 22.9. The van der Waals surface area contributed by atoms with Crippen LogP contribution in [0.15, 0.2) is 54.1 Å². The molecule has 0 amide bonds. The number of carbonyl (C=O) groups excluding carboxylic acids is 1. The number of nitro benzene ring substituents is 1. The maximum atomic E-state index is 12.2. The lowest BCUT2D eigenvalue weighted by atomic mass is 9.77. The quantitative estimate of drug-likeness (QED) is 0.485. The fraction of sp³-hybridized carbons (Fsp3) is 0.167. The topological polar surface area (TPSA) is 69.4 Å². The number of cyclic esters (lactones) is 1. The first-order chi connectivity index (χ1) is 11.1. The number of rotatable bonds is 2. The van der Waals surface area contributed by atoms with E-state index in [1.807, 2.05) is 30.3 Å². The number of non-ortho nitro benzene ring substituents is 1. The lowest BCUT2D eigenvalue weighted by Crippen LogP contribution is -2.17. The molecule has 1 heterocycles. The van der Waals surface area contributed by atoms with Gasteiger partial charge in [0.1, 0.15) is 0 Å². The first-order valence-corrected chi connectivity index (χ1v) is 7.39. The van der Waals surface area contributed by atoms with Gasteiger partial charge in [0.05, 0.1) is 17.1 Å². The third-order valence-electron chi connectivity index (χ3n) is 4.42. The van der Waals surface area contributed by atoms with Crippen molar-refractivity contribution in [3.63, 3.8) is 0 Å². The van der Waals surface area contributed by atoms with E-state index in [0.29, 0.717) is 18.6 Å². The van der Waals surface area contributed by atoms with Crippen molar-refractivity contribution in [2.75, 3.05) is 6.61 Å². The molecule has 1 aliphatic heterocycles. The standard InChI is InChI=1S/C18H13NO4/c20-18-17-13(10-23-18)8-12-6-7-14(19(21)22)9-15(12)16(17)11-4-2-1-3-5-11/h1-7,9,13H,8,10H2. The molecule has 23 heavy (non-hydrogen) atoms. The largest absolute Gasteiger partial charge is 0.462 e. The summed E-state index contributed by atoms with van der Waals surface area (Å²) in [5.74, 6) is -0.294. The second kappa shape index (κ2) is 5.05. The molecular weight excluding hydrogens is 294 g/mol. The molecule has 2 aliphatic rings. The predicted octanol–water partition coefficient (Wildman–Crippen LogP) is 3.13. The molecule has 2 aromatic carbocycles. The van der Waals surface area contributed by atoms with E-state index in [2.05, 4.69) is 0 Å². The summed E-state index contributed by atoms with van der Waals surface area (Å²) in [5, 5.41) is 11.1. The lowest BCUT2D eigenvalue weighted by Gasteiger charge is -2.23. The van der Waals surface area contributed by atoms with E-state index in [1.165, 1.54) is 6.07 Å². The van der Waals surface area contributed by atoms with Crippen LogP contribution in [-0.4, -0.2) is 17.5 Å². The van der Waals surface area contributed by atoms with E-state index < -0.39 is 4.92 Å². The van der Waals surface area contributed by atoms with Crippen LogP contribution >= 0.6 is 0 Å². The van der Waals surface area contributed by atoms with Crippen molar-refractivity contribution in [3.8, 4) is 0 Å². The third kappa shape index (κ3) is 2.12. The average Bonchev–Trinajstić information content (AvgIpc) is 2.94. The van der Waals surface area contributed by atoms with E-state index in [0.717, 1.165) is 22.3 Å². The van der Waals surface area contributed by atoms with Gasteiger partial charge in [-0.1, -0.05) is 36.4 Å². The van der Waals surface area contributed by atoms with Crippen molar-refractivity contribution in [2.45, 2.75) is 6.42 Å². The number of benzene rings is 2. The van der Waals surface area contributed by atoms with Crippen LogP contribution in [0.4, 0.5) is 5.69 Å². The zero-order chi connectivity index (χ0) is 16.0. The highest BCUT2D eigenvalue weighted by Gasteiger charge is 2.38. The van der Waals surface area contributed by atoms with Gasteiger partial charge < -0.3 is 4.74 Å². The first-order valence-electron chi connectivity index (χ1n) is 7.39. The normalized spacial score (nSPS) is 19.1. The van der Waals surface area contributed by atoms with Gasteiger partial charge in [0.15, 0.2) is 0 Å². The SMILES string of the molecule is O=C1OCC2Cc3ccc([N+](=O)[O-])cc3C(c3ccccc3)=C12. The molecule has 4 rings (SSSR count). The van der Waals surface area contributed by atoms with E-state index in [4.69, 9.17) is 4.74 Å². The van der Waals surface area contributed by atoms with Crippen LogP contribution in [-0.2, 0) is 16.0 Å². The van der Waals surface area contributed by atoms with Crippen molar-refractivity contribution < 1.29 is 14.5 Å². The van der Waals surface area contributed by atoms with Crippen LogP contribution in [0.2, 0.25) is 0 Å². The van der Waals surface area contributed by atoms with Crippen LogP contribution in [0.25, 0.3) is 5.57 Å². The molecular formula is C18H13NO4. The minimum Gasteiger partial charge on any atom is -0.462 e. The summed E-state index contributed by atoms with van der Waals surface area (Å²) in [5.41, 5.74) is 4.10. The number of carbonyl (C=O) groups is 1. The summed E-state index contributed by atoms with van der Waals surface area (Å²) < 4.78 is 5.23. The van der Waals surface area contributed by atoms with Crippen molar-refractivity contribution in [3.05, 3.63) is 80.9 Å². The van der Waals surface area contributed by atoms with E-state index in [1.54, 1.807) is 12.1 Å². The smallest absolute Gasteiger partial charge is 0.335 e. The minimum absolute atomic E-state index is 0.0201.